The van der Waals surface area contributed by atoms with Crippen molar-refractivity contribution >= 4 is 29.0 Å². The number of nitrogens with zero attached hydrogens (tertiary/aromatic N) is 3. The predicted octanol–water partition coefficient (Wildman–Crippen LogP) is 4.52. The van der Waals surface area contributed by atoms with Gasteiger partial charge >= 0.3 is 0 Å². The lowest BCUT2D eigenvalue weighted by Crippen LogP contribution is -2.46. The van der Waals surface area contributed by atoms with Crippen LogP contribution in [0.1, 0.15) is 37.1 Å². The maximum atomic E-state index is 10.0. The summed E-state index contributed by atoms with van der Waals surface area (Å²) in [6.07, 6.45) is 6.70. The molecule has 0 amide bonds. The molecule has 1 aliphatic heterocycles. The second-order valence-corrected chi connectivity index (χ2v) is 8.71. The van der Waals surface area contributed by atoms with Crippen molar-refractivity contribution in [2.75, 3.05) is 24.5 Å². The first kappa shape index (κ1) is 20.6. The molecule has 7 heteroatoms. The van der Waals surface area contributed by atoms with E-state index >= 15 is 0 Å². The number of anilines is 1. The molecule has 3 N–H and O–H groups in total. The third-order valence-corrected chi connectivity index (χ3v) is 7.19. The minimum atomic E-state index is -0.183. The quantitative estimate of drug-likeness (QED) is 0.679. The first-order chi connectivity index (χ1) is 14.0. The molecule has 154 valence electrons. The van der Waals surface area contributed by atoms with E-state index in [2.05, 4.69) is 11.0 Å². The molecule has 5 nitrogen and oxygen atoms in total. The third-order valence-electron chi connectivity index (χ3n) is 6.37. The van der Waals surface area contributed by atoms with Gasteiger partial charge in [0.1, 0.15) is 5.69 Å². The van der Waals surface area contributed by atoms with Crippen LogP contribution in [0.15, 0.2) is 29.8 Å². The van der Waals surface area contributed by atoms with E-state index in [9.17, 15) is 5.11 Å². The van der Waals surface area contributed by atoms with E-state index in [-0.39, 0.29) is 12.0 Å². The second kappa shape index (κ2) is 8.23. The number of allylic oxidation sites excluding steroid dienone is 1. The monoisotopic (exact) mass is 432 g/mol. The van der Waals surface area contributed by atoms with Crippen LogP contribution in [0.25, 0.3) is 11.3 Å². The average molecular weight is 433 g/mol. The third kappa shape index (κ3) is 3.66. The Hall–Kier alpha value is -1.66. The molecule has 2 aromatic rings. The highest BCUT2D eigenvalue weighted by molar-refractivity contribution is 6.43. The number of aromatic nitrogens is 2. The summed E-state index contributed by atoms with van der Waals surface area (Å²) < 4.78 is 0. The smallest absolute Gasteiger partial charge is 0.153 e. The van der Waals surface area contributed by atoms with E-state index in [0.717, 1.165) is 43.0 Å². The van der Waals surface area contributed by atoms with Crippen molar-refractivity contribution in [3.05, 3.63) is 51.3 Å². The Labute approximate surface area is 181 Å². The van der Waals surface area contributed by atoms with Gasteiger partial charge in [0.05, 0.1) is 28.0 Å². The number of aliphatic hydroxyl groups is 1. The highest BCUT2D eigenvalue weighted by atomic mass is 35.5. The maximum absolute atomic E-state index is 10.0. The van der Waals surface area contributed by atoms with Crippen LogP contribution in [0.4, 0.5) is 5.82 Å². The Morgan fingerprint density at radius 3 is 2.52 bits per heavy atom. The summed E-state index contributed by atoms with van der Waals surface area (Å²) in [4.78, 5) is 11.8. The Morgan fingerprint density at radius 2 is 1.93 bits per heavy atom. The molecule has 2 heterocycles. The van der Waals surface area contributed by atoms with Gasteiger partial charge in [0.2, 0.25) is 0 Å². The van der Waals surface area contributed by atoms with Gasteiger partial charge in [-0.25, -0.2) is 9.97 Å². The number of piperidine rings is 1. The second-order valence-electron chi connectivity index (χ2n) is 7.93. The lowest BCUT2D eigenvalue weighted by atomic mass is 9.67. The predicted molar refractivity (Wildman–Crippen MR) is 118 cm³/mol. The largest absolute Gasteiger partial charge is 0.390 e. The summed E-state index contributed by atoms with van der Waals surface area (Å²) in [6.45, 7) is 4.13. The fourth-order valence-corrected chi connectivity index (χ4v) is 4.81. The van der Waals surface area contributed by atoms with Crippen molar-refractivity contribution < 1.29 is 5.11 Å². The molecule has 0 unspecified atom stereocenters. The normalized spacial score (nSPS) is 18.4. The number of hydrogen-bond acceptors (Lipinski definition) is 5. The molecular weight excluding hydrogens is 407 g/mol. The van der Waals surface area contributed by atoms with Crippen LogP contribution in [-0.2, 0) is 6.61 Å². The summed E-state index contributed by atoms with van der Waals surface area (Å²) in [5.41, 5.74) is 10.5. The zero-order chi connectivity index (χ0) is 20.6. The standard InChI is InChI=1S/C22H26Cl2N4O/c1-14-20(16-6-3-7-17(23)19(16)24)27-18(12-29)21(26-14)28-10-8-22(13-25,9-11-28)15-4-2-5-15/h3-4,6-7,29H,2,5,8-13,25H2,1H3. The molecular formula is C22H26Cl2N4O. The number of hydrogen-bond donors (Lipinski definition) is 2. The number of halogens is 2. The van der Waals surface area contributed by atoms with Gasteiger partial charge in [-0.05, 0) is 38.7 Å². The van der Waals surface area contributed by atoms with Crippen LogP contribution < -0.4 is 10.6 Å². The number of aliphatic hydroxyl groups excluding tert-OH is 1. The van der Waals surface area contributed by atoms with Crippen molar-refractivity contribution in [1.82, 2.24) is 9.97 Å². The van der Waals surface area contributed by atoms with Crippen molar-refractivity contribution in [3.63, 3.8) is 0 Å². The molecule has 1 fully saturated rings. The SMILES string of the molecule is Cc1nc(N2CCC(CN)(C3=CCC3)CC2)c(CO)nc1-c1cccc(Cl)c1Cl. The molecule has 0 spiro atoms. The van der Waals surface area contributed by atoms with Gasteiger partial charge in [-0.2, -0.15) is 0 Å². The van der Waals surface area contributed by atoms with Crippen LogP contribution in [0, 0.1) is 12.3 Å². The molecule has 0 atom stereocenters. The molecule has 0 radical (unpaired) electrons. The van der Waals surface area contributed by atoms with Gasteiger partial charge in [0, 0.05) is 30.6 Å². The summed E-state index contributed by atoms with van der Waals surface area (Å²) in [5, 5.41) is 10.9. The van der Waals surface area contributed by atoms with E-state index in [1.54, 1.807) is 6.07 Å². The van der Waals surface area contributed by atoms with Crippen molar-refractivity contribution in [2.45, 2.75) is 39.2 Å². The van der Waals surface area contributed by atoms with Gasteiger partial charge in [-0.15, -0.1) is 0 Å². The molecule has 0 saturated carbocycles. The van der Waals surface area contributed by atoms with Crippen LogP contribution in [0.3, 0.4) is 0 Å². The minimum Gasteiger partial charge on any atom is -0.390 e. The summed E-state index contributed by atoms with van der Waals surface area (Å²) >= 11 is 12.6. The number of benzene rings is 1. The van der Waals surface area contributed by atoms with Crippen molar-refractivity contribution in [1.29, 1.82) is 0 Å². The fraction of sp³-hybridized carbons (Fsp3) is 0.455. The summed E-state index contributed by atoms with van der Waals surface area (Å²) in [6, 6.07) is 5.45. The fourth-order valence-electron chi connectivity index (χ4n) is 4.42. The number of rotatable bonds is 5. The van der Waals surface area contributed by atoms with Crippen LogP contribution in [0.5, 0.6) is 0 Å². The Morgan fingerprint density at radius 1 is 1.21 bits per heavy atom. The highest BCUT2D eigenvalue weighted by Crippen LogP contribution is 2.45. The van der Waals surface area contributed by atoms with E-state index in [1.165, 1.54) is 18.4 Å². The zero-order valence-electron chi connectivity index (χ0n) is 16.6. The van der Waals surface area contributed by atoms with Gasteiger partial charge in [0.25, 0.3) is 0 Å². The number of nitrogens with two attached hydrogens (primary N) is 1. The first-order valence-corrected chi connectivity index (χ1v) is 10.8. The summed E-state index contributed by atoms with van der Waals surface area (Å²) in [7, 11) is 0. The maximum Gasteiger partial charge on any atom is 0.153 e. The molecule has 1 aliphatic carbocycles. The van der Waals surface area contributed by atoms with E-state index < -0.39 is 0 Å². The minimum absolute atomic E-state index is 0.130. The molecule has 1 saturated heterocycles. The van der Waals surface area contributed by atoms with Gasteiger partial charge in [-0.3, -0.25) is 0 Å². The van der Waals surface area contributed by atoms with Crippen LogP contribution in [-0.4, -0.2) is 34.7 Å². The van der Waals surface area contributed by atoms with E-state index in [4.69, 9.17) is 38.9 Å². The molecule has 0 bridgehead atoms. The van der Waals surface area contributed by atoms with Crippen molar-refractivity contribution in [3.8, 4) is 11.3 Å². The molecule has 1 aromatic carbocycles. The lowest BCUT2D eigenvalue weighted by molar-refractivity contribution is 0.261. The van der Waals surface area contributed by atoms with Crippen LogP contribution in [0.2, 0.25) is 10.0 Å². The average Bonchev–Trinajstić information content (AvgIpc) is 2.69. The summed E-state index contributed by atoms with van der Waals surface area (Å²) in [5.74, 6) is 0.750. The lowest BCUT2D eigenvalue weighted by Gasteiger charge is -2.45. The van der Waals surface area contributed by atoms with Crippen LogP contribution >= 0.6 is 23.2 Å². The van der Waals surface area contributed by atoms with E-state index in [1.807, 2.05) is 19.1 Å². The highest BCUT2D eigenvalue weighted by Gasteiger charge is 2.38. The van der Waals surface area contributed by atoms with Gasteiger partial charge in [-0.1, -0.05) is 47.0 Å². The van der Waals surface area contributed by atoms with Crippen molar-refractivity contribution in [2.24, 2.45) is 11.1 Å². The Balaban J connectivity index is 1.64. The first-order valence-electron chi connectivity index (χ1n) is 10.1. The zero-order valence-corrected chi connectivity index (χ0v) is 18.1. The molecule has 2 aliphatic rings. The molecule has 4 rings (SSSR count). The Bertz CT molecular complexity index is 952. The van der Waals surface area contributed by atoms with Gasteiger partial charge < -0.3 is 15.7 Å². The Kier molecular flexibility index (Phi) is 5.85. The molecule has 29 heavy (non-hydrogen) atoms. The number of aryl methyl sites for hydroxylation is 1. The van der Waals surface area contributed by atoms with Gasteiger partial charge in [0.15, 0.2) is 5.82 Å². The topological polar surface area (TPSA) is 75.3 Å². The van der Waals surface area contributed by atoms with E-state index in [0.29, 0.717) is 28.0 Å². The molecule has 1 aromatic heterocycles.